The van der Waals surface area contributed by atoms with E-state index in [2.05, 4.69) is 48.1 Å². The van der Waals surface area contributed by atoms with Crippen LogP contribution in [0.25, 0.3) is 10.9 Å². The van der Waals surface area contributed by atoms with Gasteiger partial charge in [-0.3, -0.25) is 0 Å². The largest absolute Gasteiger partial charge is 0.493 e. The van der Waals surface area contributed by atoms with Crippen molar-refractivity contribution < 1.29 is 9.47 Å². The van der Waals surface area contributed by atoms with E-state index < -0.39 is 0 Å². The molecule has 0 spiro atoms. The molecule has 1 heterocycles. The molecule has 0 aliphatic rings. The molecule has 4 heteroatoms. The normalized spacial score (nSPS) is 12.7. The summed E-state index contributed by atoms with van der Waals surface area (Å²) in [7, 11) is 1.73. The smallest absolute Gasteiger partial charge is 0.128 e. The molecule has 2 aromatic rings. The zero-order valence-electron chi connectivity index (χ0n) is 13.3. The van der Waals surface area contributed by atoms with Crippen LogP contribution in [0.4, 0.5) is 0 Å². The van der Waals surface area contributed by atoms with Crippen LogP contribution in [-0.2, 0) is 11.3 Å². The van der Waals surface area contributed by atoms with E-state index in [-0.39, 0.29) is 0 Å². The van der Waals surface area contributed by atoms with Gasteiger partial charge in [-0.05, 0) is 31.5 Å². The number of hydrogen-bond acceptors (Lipinski definition) is 3. The van der Waals surface area contributed by atoms with E-state index in [9.17, 15) is 0 Å². The summed E-state index contributed by atoms with van der Waals surface area (Å²) in [5.74, 6) is 0.980. The minimum Gasteiger partial charge on any atom is -0.493 e. The van der Waals surface area contributed by atoms with Crippen molar-refractivity contribution in [2.75, 3.05) is 26.9 Å². The van der Waals surface area contributed by atoms with Gasteiger partial charge < -0.3 is 19.4 Å². The predicted molar refractivity (Wildman–Crippen MR) is 87.1 cm³/mol. The number of fused-ring (bicyclic) bond motifs is 1. The maximum atomic E-state index is 5.81. The second-order valence-corrected chi connectivity index (χ2v) is 5.36. The summed E-state index contributed by atoms with van der Waals surface area (Å²) in [6.45, 7) is 7.62. The van der Waals surface area contributed by atoms with Gasteiger partial charge in [0.1, 0.15) is 5.75 Å². The van der Waals surface area contributed by atoms with Crippen LogP contribution in [0, 0.1) is 0 Å². The van der Waals surface area contributed by atoms with Gasteiger partial charge in [-0.2, -0.15) is 0 Å². The SMILES string of the molecule is CCCOc1cccc2c1ccn2CCNC(C)COC. The number of nitrogens with one attached hydrogen (secondary N) is 1. The molecule has 0 amide bonds. The molecule has 1 aromatic heterocycles. The van der Waals surface area contributed by atoms with E-state index in [0.717, 1.165) is 38.5 Å². The summed E-state index contributed by atoms with van der Waals surface area (Å²) in [4.78, 5) is 0. The minimum atomic E-state index is 0.375. The average Bonchev–Trinajstić information content (AvgIpc) is 2.89. The lowest BCUT2D eigenvalue weighted by atomic mass is 10.2. The van der Waals surface area contributed by atoms with Gasteiger partial charge >= 0.3 is 0 Å². The van der Waals surface area contributed by atoms with E-state index in [4.69, 9.17) is 9.47 Å². The summed E-state index contributed by atoms with van der Waals surface area (Å²) in [5, 5.41) is 4.65. The first-order valence-corrected chi connectivity index (χ1v) is 7.69. The van der Waals surface area contributed by atoms with Crippen molar-refractivity contribution >= 4 is 10.9 Å². The highest BCUT2D eigenvalue weighted by Crippen LogP contribution is 2.26. The highest BCUT2D eigenvalue weighted by atomic mass is 16.5. The van der Waals surface area contributed by atoms with Crippen molar-refractivity contribution in [3.63, 3.8) is 0 Å². The summed E-state index contributed by atoms with van der Waals surface area (Å²) in [6.07, 6.45) is 3.16. The summed E-state index contributed by atoms with van der Waals surface area (Å²) in [6, 6.07) is 8.76. The minimum absolute atomic E-state index is 0.375. The van der Waals surface area contributed by atoms with Gasteiger partial charge in [0.25, 0.3) is 0 Å². The molecule has 0 radical (unpaired) electrons. The first kappa shape index (κ1) is 15.9. The molecule has 0 aliphatic heterocycles. The summed E-state index contributed by atoms with van der Waals surface area (Å²) >= 11 is 0. The number of hydrogen-bond donors (Lipinski definition) is 1. The third kappa shape index (κ3) is 4.22. The molecule has 1 N–H and O–H groups in total. The monoisotopic (exact) mass is 290 g/mol. The molecule has 116 valence electrons. The molecule has 0 saturated carbocycles. The molecule has 1 atom stereocenters. The number of methoxy groups -OCH3 is 1. The fraction of sp³-hybridized carbons (Fsp3) is 0.529. The van der Waals surface area contributed by atoms with Crippen LogP contribution >= 0.6 is 0 Å². The van der Waals surface area contributed by atoms with E-state index >= 15 is 0 Å². The molecule has 0 aliphatic carbocycles. The Morgan fingerprint density at radius 3 is 2.90 bits per heavy atom. The van der Waals surface area contributed by atoms with Crippen LogP contribution in [0.15, 0.2) is 30.5 Å². The Labute approximate surface area is 127 Å². The summed E-state index contributed by atoms with van der Waals surface area (Å²) in [5.41, 5.74) is 1.23. The molecule has 0 saturated heterocycles. The number of ether oxygens (including phenoxy) is 2. The van der Waals surface area contributed by atoms with Crippen LogP contribution in [0.5, 0.6) is 5.75 Å². The lowest BCUT2D eigenvalue weighted by molar-refractivity contribution is 0.172. The molecule has 0 bridgehead atoms. The number of benzene rings is 1. The number of aromatic nitrogens is 1. The van der Waals surface area contributed by atoms with Crippen LogP contribution in [0.3, 0.4) is 0 Å². The molecule has 4 nitrogen and oxygen atoms in total. The molecule has 1 unspecified atom stereocenters. The van der Waals surface area contributed by atoms with Crippen LogP contribution < -0.4 is 10.1 Å². The van der Waals surface area contributed by atoms with Gasteiger partial charge in [-0.1, -0.05) is 13.0 Å². The Balaban J connectivity index is 2.01. The van der Waals surface area contributed by atoms with Gasteiger partial charge in [0.2, 0.25) is 0 Å². The third-order valence-corrected chi connectivity index (χ3v) is 3.50. The fourth-order valence-corrected chi connectivity index (χ4v) is 2.47. The van der Waals surface area contributed by atoms with E-state index in [1.54, 1.807) is 7.11 Å². The van der Waals surface area contributed by atoms with Gasteiger partial charge in [0, 0.05) is 37.8 Å². The van der Waals surface area contributed by atoms with Gasteiger partial charge in [0.05, 0.1) is 18.7 Å². The third-order valence-electron chi connectivity index (χ3n) is 3.50. The number of nitrogens with zero attached hydrogens (tertiary/aromatic N) is 1. The van der Waals surface area contributed by atoms with Gasteiger partial charge in [-0.15, -0.1) is 0 Å². The Morgan fingerprint density at radius 2 is 2.14 bits per heavy atom. The van der Waals surface area contributed by atoms with E-state index in [0.29, 0.717) is 6.04 Å². The zero-order valence-corrected chi connectivity index (χ0v) is 13.3. The summed E-state index contributed by atoms with van der Waals surface area (Å²) < 4.78 is 13.2. The Kier molecular flexibility index (Phi) is 6.08. The van der Waals surface area contributed by atoms with Crippen LogP contribution in [0.1, 0.15) is 20.3 Å². The molecule has 0 fully saturated rings. The highest BCUT2D eigenvalue weighted by molar-refractivity contribution is 5.86. The molecular weight excluding hydrogens is 264 g/mol. The van der Waals surface area contributed by atoms with Crippen LogP contribution in [0.2, 0.25) is 0 Å². The Morgan fingerprint density at radius 1 is 1.29 bits per heavy atom. The second kappa shape index (κ2) is 8.05. The average molecular weight is 290 g/mol. The van der Waals surface area contributed by atoms with Crippen molar-refractivity contribution in [3.8, 4) is 5.75 Å². The zero-order chi connectivity index (χ0) is 15.1. The first-order chi connectivity index (χ1) is 10.3. The molecule has 2 rings (SSSR count). The fourth-order valence-electron chi connectivity index (χ4n) is 2.47. The van der Waals surface area contributed by atoms with Gasteiger partial charge in [-0.25, -0.2) is 0 Å². The quantitative estimate of drug-likeness (QED) is 0.771. The lowest BCUT2D eigenvalue weighted by Gasteiger charge is -2.13. The lowest BCUT2D eigenvalue weighted by Crippen LogP contribution is -2.32. The van der Waals surface area contributed by atoms with Crippen molar-refractivity contribution in [1.82, 2.24) is 9.88 Å². The Bertz CT molecular complexity index is 551. The number of rotatable bonds is 9. The maximum Gasteiger partial charge on any atom is 0.128 e. The molecular formula is C17H26N2O2. The highest BCUT2D eigenvalue weighted by Gasteiger charge is 2.06. The van der Waals surface area contributed by atoms with Crippen LogP contribution in [-0.4, -0.2) is 37.5 Å². The van der Waals surface area contributed by atoms with Crippen molar-refractivity contribution in [2.24, 2.45) is 0 Å². The predicted octanol–water partition coefficient (Wildman–Crippen LogP) is 3.05. The van der Waals surface area contributed by atoms with E-state index in [1.807, 2.05) is 6.07 Å². The van der Waals surface area contributed by atoms with Crippen molar-refractivity contribution in [1.29, 1.82) is 0 Å². The first-order valence-electron chi connectivity index (χ1n) is 7.69. The molecule has 21 heavy (non-hydrogen) atoms. The molecule has 1 aromatic carbocycles. The van der Waals surface area contributed by atoms with Crippen molar-refractivity contribution in [3.05, 3.63) is 30.5 Å². The van der Waals surface area contributed by atoms with E-state index in [1.165, 1.54) is 10.9 Å². The second-order valence-electron chi connectivity index (χ2n) is 5.36. The standard InChI is InChI=1S/C17H26N2O2/c1-4-12-21-17-7-5-6-16-15(17)8-10-19(16)11-9-18-14(2)13-20-3/h5-8,10,14,18H,4,9,11-13H2,1-3H3. The Hall–Kier alpha value is -1.52. The topological polar surface area (TPSA) is 35.4 Å². The maximum absolute atomic E-state index is 5.81. The van der Waals surface area contributed by atoms with Gasteiger partial charge in [0.15, 0.2) is 0 Å². The van der Waals surface area contributed by atoms with Crippen molar-refractivity contribution in [2.45, 2.75) is 32.9 Å².